The van der Waals surface area contributed by atoms with Crippen molar-refractivity contribution in [3.8, 4) is 5.75 Å². The number of carbonyl (C=O) groups excluding carboxylic acids is 2. The highest BCUT2D eigenvalue weighted by molar-refractivity contribution is 6.30. The predicted octanol–water partition coefficient (Wildman–Crippen LogP) is 4.91. The number of hydrogen-bond acceptors (Lipinski definition) is 4. The first-order valence-corrected chi connectivity index (χ1v) is 12.0. The maximum Gasteiger partial charge on any atom is 0.260 e. The van der Waals surface area contributed by atoms with Gasteiger partial charge >= 0.3 is 0 Å². The van der Waals surface area contributed by atoms with Crippen molar-refractivity contribution in [2.75, 3.05) is 19.7 Å². The Morgan fingerprint density at radius 2 is 1.88 bits per heavy atom. The molecule has 1 saturated carbocycles. The molecule has 2 fully saturated rings. The van der Waals surface area contributed by atoms with Crippen molar-refractivity contribution in [2.45, 2.75) is 57.4 Å². The standard InChI is InChI=1S/C25H31ClN2O4/c26-20-8-9-23(22(15-20)18-5-2-1-3-6-18)32-17-24(29)28-12-10-19(11-13-28)25(30)27-16-21-7-4-14-31-21/h4,7-9,14-15,18-19H,1-3,5-6,10-13,16-17H2,(H,27,30). The molecule has 6 nitrogen and oxygen atoms in total. The van der Waals surface area contributed by atoms with Gasteiger partial charge in [-0.1, -0.05) is 30.9 Å². The van der Waals surface area contributed by atoms with E-state index >= 15 is 0 Å². The summed E-state index contributed by atoms with van der Waals surface area (Å²) in [5.74, 6) is 1.85. The number of piperidine rings is 1. The molecule has 32 heavy (non-hydrogen) atoms. The Morgan fingerprint density at radius 1 is 1.09 bits per heavy atom. The topological polar surface area (TPSA) is 71.8 Å². The van der Waals surface area contributed by atoms with Gasteiger partial charge in [0.1, 0.15) is 11.5 Å². The van der Waals surface area contributed by atoms with Crippen LogP contribution in [0.1, 0.15) is 62.2 Å². The fourth-order valence-corrected chi connectivity index (χ4v) is 4.92. The van der Waals surface area contributed by atoms with Gasteiger partial charge in [0.2, 0.25) is 5.91 Å². The number of carbonyl (C=O) groups is 2. The van der Waals surface area contributed by atoms with Crippen LogP contribution in [0.15, 0.2) is 41.0 Å². The summed E-state index contributed by atoms with van der Waals surface area (Å²) in [5.41, 5.74) is 1.12. The minimum atomic E-state index is -0.0795. The first-order valence-electron chi connectivity index (χ1n) is 11.6. The fourth-order valence-electron chi connectivity index (χ4n) is 4.74. The largest absolute Gasteiger partial charge is 0.483 e. The van der Waals surface area contributed by atoms with E-state index in [9.17, 15) is 9.59 Å². The van der Waals surface area contributed by atoms with Gasteiger partial charge < -0.3 is 19.4 Å². The Morgan fingerprint density at radius 3 is 2.59 bits per heavy atom. The van der Waals surface area contributed by atoms with Gasteiger partial charge in [0, 0.05) is 24.0 Å². The highest BCUT2D eigenvalue weighted by atomic mass is 35.5. The highest BCUT2D eigenvalue weighted by Crippen LogP contribution is 2.38. The van der Waals surface area contributed by atoms with E-state index in [1.54, 1.807) is 17.2 Å². The normalized spacial score (nSPS) is 17.8. The van der Waals surface area contributed by atoms with Gasteiger partial charge in [0.05, 0.1) is 12.8 Å². The molecular formula is C25H31ClN2O4. The maximum absolute atomic E-state index is 12.7. The second-order valence-electron chi connectivity index (χ2n) is 8.76. The van der Waals surface area contributed by atoms with Crippen molar-refractivity contribution in [2.24, 2.45) is 5.92 Å². The number of hydrogen-bond donors (Lipinski definition) is 1. The van der Waals surface area contributed by atoms with Crippen LogP contribution in [0.4, 0.5) is 0 Å². The molecule has 0 spiro atoms. The number of likely N-dealkylation sites (tertiary alicyclic amines) is 1. The minimum absolute atomic E-state index is 0.0106. The van der Waals surface area contributed by atoms with E-state index in [4.69, 9.17) is 20.8 Å². The van der Waals surface area contributed by atoms with Crippen molar-refractivity contribution in [3.05, 3.63) is 52.9 Å². The summed E-state index contributed by atoms with van der Waals surface area (Å²) in [4.78, 5) is 26.9. The lowest BCUT2D eigenvalue weighted by Gasteiger charge is -2.31. The van der Waals surface area contributed by atoms with E-state index in [2.05, 4.69) is 5.32 Å². The monoisotopic (exact) mass is 458 g/mol. The fraction of sp³-hybridized carbons (Fsp3) is 0.520. The molecule has 0 bridgehead atoms. The van der Waals surface area contributed by atoms with Gasteiger partial charge in [-0.25, -0.2) is 0 Å². The van der Waals surface area contributed by atoms with Gasteiger partial charge in [0.15, 0.2) is 6.61 Å². The van der Waals surface area contributed by atoms with E-state index in [0.29, 0.717) is 43.4 Å². The summed E-state index contributed by atoms with van der Waals surface area (Å²) in [5, 5.41) is 3.62. The van der Waals surface area contributed by atoms with Crippen LogP contribution in [0.2, 0.25) is 5.02 Å². The first-order chi connectivity index (χ1) is 15.6. The number of halogens is 1. The highest BCUT2D eigenvalue weighted by Gasteiger charge is 2.28. The zero-order chi connectivity index (χ0) is 22.3. The van der Waals surface area contributed by atoms with Crippen molar-refractivity contribution in [3.63, 3.8) is 0 Å². The van der Waals surface area contributed by atoms with Gasteiger partial charge in [-0.05, 0) is 67.5 Å². The predicted molar refractivity (Wildman–Crippen MR) is 123 cm³/mol. The van der Waals surface area contributed by atoms with Crippen molar-refractivity contribution in [1.29, 1.82) is 0 Å². The molecular weight excluding hydrogens is 428 g/mol. The molecule has 2 amide bonds. The Bertz CT molecular complexity index is 901. The third-order valence-corrected chi connectivity index (χ3v) is 6.84. The van der Waals surface area contributed by atoms with E-state index in [-0.39, 0.29) is 24.3 Å². The lowest BCUT2D eigenvalue weighted by Crippen LogP contribution is -2.44. The van der Waals surface area contributed by atoms with Crippen molar-refractivity contribution >= 4 is 23.4 Å². The summed E-state index contributed by atoms with van der Waals surface area (Å²) < 4.78 is 11.2. The van der Waals surface area contributed by atoms with Crippen LogP contribution in [0.5, 0.6) is 5.75 Å². The van der Waals surface area contributed by atoms with Gasteiger partial charge in [-0.15, -0.1) is 0 Å². The number of ether oxygens (including phenoxy) is 1. The van der Waals surface area contributed by atoms with Crippen molar-refractivity contribution < 1.29 is 18.7 Å². The molecule has 0 atom stereocenters. The number of nitrogens with one attached hydrogen (secondary N) is 1. The van der Waals surface area contributed by atoms with Crippen LogP contribution < -0.4 is 10.1 Å². The lowest BCUT2D eigenvalue weighted by atomic mass is 9.84. The molecule has 1 aliphatic heterocycles. The van der Waals surface area contributed by atoms with Crippen LogP contribution in [0, 0.1) is 5.92 Å². The first kappa shape index (κ1) is 22.7. The quantitative estimate of drug-likeness (QED) is 0.639. The molecule has 2 aliphatic rings. The smallest absolute Gasteiger partial charge is 0.260 e. The van der Waals surface area contributed by atoms with E-state index in [1.807, 2.05) is 24.3 Å². The van der Waals surface area contributed by atoms with Gasteiger partial charge in [-0.2, -0.15) is 0 Å². The van der Waals surface area contributed by atoms with Crippen molar-refractivity contribution in [1.82, 2.24) is 10.2 Å². The number of amides is 2. The third kappa shape index (κ3) is 5.85. The Labute approximate surface area is 194 Å². The van der Waals surface area contributed by atoms with Gasteiger partial charge in [0.25, 0.3) is 5.91 Å². The number of rotatable bonds is 7. The summed E-state index contributed by atoms with van der Waals surface area (Å²) >= 11 is 6.24. The molecule has 172 valence electrons. The molecule has 1 aliphatic carbocycles. The van der Waals surface area contributed by atoms with Crippen LogP contribution in [-0.2, 0) is 16.1 Å². The molecule has 1 saturated heterocycles. The average Bonchev–Trinajstić information content (AvgIpc) is 3.36. The second-order valence-corrected chi connectivity index (χ2v) is 9.19. The maximum atomic E-state index is 12.7. The van der Waals surface area contributed by atoms with E-state index < -0.39 is 0 Å². The Balaban J connectivity index is 1.25. The Hall–Kier alpha value is -2.47. The molecule has 2 aromatic rings. The molecule has 4 rings (SSSR count). The molecule has 1 aromatic heterocycles. The molecule has 2 heterocycles. The van der Waals surface area contributed by atoms with E-state index in [0.717, 1.165) is 29.9 Å². The second kappa shape index (κ2) is 10.9. The summed E-state index contributed by atoms with van der Waals surface area (Å²) in [7, 11) is 0. The summed E-state index contributed by atoms with van der Waals surface area (Å²) in [6.07, 6.45) is 8.91. The number of furan rings is 1. The minimum Gasteiger partial charge on any atom is -0.483 e. The molecule has 1 N–H and O–H groups in total. The summed E-state index contributed by atoms with van der Waals surface area (Å²) in [6.45, 7) is 1.54. The number of nitrogens with zero attached hydrogens (tertiary/aromatic N) is 1. The lowest BCUT2D eigenvalue weighted by molar-refractivity contribution is -0.137. The zero-order valence-corrected chi connectivity index (χ0v) is 19.1. The molecule has 0 unspecified atom stereocenters. The molecule has 7 heteroatoms. The Kier molecular flexibility index (Phi) is 7.74. The van der Waals surface area contributed by atoms with Crippen LogP contribution in [0.25, 0.3) is 0 Å². The van der Waals surface area contributed by atoms with E-state index in [1.165, 1.54) is 19.3 Å². The van der Waals surface area contributed by atoms with Crippen LogP contribution >= 0.6 is 11.6 Å². The third-order valence-electron chi connectivity index (χ3n) is 6.60. The SMILES string of the molecule is O=C(NCc1ccco1)C1CCN(C(=O)COc2ccc(Cl)cc2C2CCCCC2)CC1. The van der Waals surface area contributed by atoms with Crippen LogP contribution in [-0.4, -0.2) is 36.4 Å². The average molecular weight is 459 g/mol. The zero-order valence-electron chi connectivity index (χ0n) is 18.4. The number of benzene rings is 1. The van der Waals surface area contributed by atoms with Gasteiger partial charge in [-0.3, -0.25) is 9.59 Å². The van der Waals surface area contributed by atoms with Crippen LogP contribution in [0.3, 0.4) is 0 Å². The molecule has 0 radical (unpaired) electrons. The summed E-state index contributed by atoms with van der Waals surface area (Å²) in [6, 6.07) is 9.33. The molecule has 1 aromatic carbocycles.